The molecular weight excluding hydrogens is 485 g/mol. The van der Waals surface area contributed by atoms with Gasteiger partial charge in [-0.25, -0.2) is 14.1 Å². The molecule has 0 saturated carbocycles. The zero-order valence-corrected chi connectivity index (χ0v) is 21.9. The van der Waals surface area contributed by atoms with Crippen LogP contribution in [0, 0.1) is 18.7 Å². The minimum atomic E-state index is -1.08. The Morgan fingerprint density at radius 3 is 2.61 bits per heavy atom. The number of aromatic nitrogens is 7. The lowest BCUT2D eigenvalue weighted by Crippen LogP contribution is -2.28. The van der Waals surface area contributed by atoms with Gasteiger partial charge in [-0.3, -0.25) is 9.97 Å². The van der Waals surface area contributed by atoms with Crippen molar-refractivity contribution in [1.82, 2.24) is 34.5 Å². The summed E-state index contributed by atoms with van der Waals surface area (Å²) in [5.41, 5.74) is 4.65. The molecule has 1 fully saturated rings. The Bertz CT molecular complexity index is 1630. The number of ether oxygens (including phenoxy) is 1. The zero-order valence-electron chi connectivity index (χ0n) is 21.9. The standard InChI is InChI=1S/C28H30FN7O2/c1-16-25(35(4)34-33-16)18-12-22-23(31-14-18)20-13-19(28(2,3)37)15-32-27(20)36(22)26(17-7-10-38-11-8-17)24-21(29)6-5-9-30-24/h5-6,9,12-15,17,26,37H,7-8,10-11H2,1-4H3/t26-/m0/s1. The van der Waals surface area contributed by atoms with Gasteiger partial charge in [-0.15, -0.1) is 5.10 Å². The maximum Gasteiger partial charge on any atom is 0.146 e. The highest BCUT2D eigenvalue weighted by molar-refractivity contribution is 6.05. The lowest BCUT2D eigenvalue weighted by Gasteiger charge is -2.32. The monoisotopic (exact) mass is 515 g/mol. The van der Waals surface area contributed by atoms with Crippen LogP contribution >= 0.6 is 0 Å². The molecule has 0 aliphatic carbocycles. The minimum Gasteiger partial charge on any atom is -0.386 e. The number of pyridine rings is 3. The molecular formula is C28H30FN7O2. The zero-order chi connectivity index (χ0) is 26.6. The SMILES string of the molecule is Cc1nnn(C)c1-c1cnc2c3cc(C(C)(C)O)cnc3n([C@H](c3ncccc3F)C3CCOCC3)c2c1. The van der Waals surface area contributed by atoms with Gasteiger partial charge in [0.1, 0.15) is 11.5 Å². The van der Waals surface area contributed by atoms with Crippen molar-refractivity contribution in [1.29, 1.82) is 0 Å². The maximum atomic E-state index is 15.4. The Hall–Kier alpha value is -3.76. The van der Waals surface area contributed by atoms with Crippen LogP contribution in [0.1, 0.15) is 49.7 Å². The first kappa shape index (κ1) is 24.6. The average molecular weight is 516 g/mol. The summed E-state index contributed by atoms with van der Waals surface area (Å²) in [7, 11) is 1.85. The van der Waals surface area contributed by atoms with Gasteiger partial charge in [0.25, 0.3) is 0 Å². The predicted molar refractivity (Wildman–Crippen MR) is 141 cm³/mol. The highest BCUT2D eigenvalue weighted by atomic mass is 19.1. The molecule has 6 rings (SSSR count). The van der Waals surface area contributed by atoms with E-state index < -0.39 is 11.6 Å². The molecule has 0 amide bonds. The minimum absolute atomic E-state index is 0.0754. The Labute approximate surface area is 219 Å². The normalized spacial score (nSPS) is 15.9. The fourth-order valence-corrected chi connectivity index (χ4v) is 5.59. The van der Waals surface area contributed by atoms with Crippen LogP contribution in [-0.2, 0) is 17.4 Å². The molecule has 1 saturated heterocycles. The molecule has 10 heteroatoms. The summed E-state index contributed by atoms with van der Waals surface area (Å²) >= 11 is 0. The molecule has 1 aliphatic rings. The first-order valence-corrected chi connectivity index (χ1v) is 12.8. The molecule has 9 nitrogen and oxygen atoms in total. The summed E-state index contributed by atoms with van der Waals surface area (Å²) in [4.78, 5) is 14.3. The number of hydrogen-bond acceptors (Lipinski definition) is 7. The third kappa shape index (κ3) is 4.04. The van der Waals surface area contributed by atoms with Gasteiger partial charge in [-0.05, 0) is 63.8 Å². The van der Waals surface area contributed by atoms with Gasteiger partial charge in [0.2, 0.25) is 0 Å². The van der Waals surface area contributed by atoms with E-state index in [9.17, 15) is 5.11 Å². The van der Waals surface area contributed by atoms with Crippen molar-refractivity contribution < 1.29 is 14.2 Å². The number of hydrogen-bond donors (Lipinski definition) is 1. The summed E-state index contributed by atoms with van der Waals surface area (Å²) in [5, 5.41) is 19.9. The van der Waals surface area contributed by atoms with Gasteiger partial charge in [0.05, 0.1) is 39.8 Å². The molecule has 0 bridgehead atoms. The number of fused-ring (bicyclic) bond motifs is 3. The second-order valence-electron chi connectivity index (χ2n) is 10.5. The van der Waals surface area contributed by atoms with Crippen LogP contribution in [0.4, 0.5) is 4.39 Å². The summed E-state index contributed by atoms with van der Waals surface area (Å²) in [5.74, 6) is -0.283. The van der Waals surface area contributed by atoms with Crippen molar-refractivity contribution in [2.75, 3.05) is 13.2 Å². The van der Waals surface area contributed by atoms with Gasteiger partial charge >= 0.3 is 0 Å². The molecule has 0 unspecified atom stereocenters. The number of rotatable bonds is 5. The molecule has 0 radical (unpaired) electrons. The predicted octanol–water partition coefficient (Wildman–Crippen LogP) is 4.47. The second kappa shape index (κ2) is 9.21. The molecule has 0 aromatic carbocycles. The van der Waals surface area contributed by atoms with E-state index in [4.69, 9.17) is 14.7 Å². The summed E-state index contributed by atoms with van der Waals surface area (Å²) in [6.07, 6.45) is 6.65. The molecule has 5 aromatic heterocycles. The van der Waals surface area contributed by atoms with Crippen molar-refractivity contribution in [3.63, 3.8) is 0 Å². The highest BCUT2D eigenvalue weighted by Crippen LogP contribution is 2.41. The van der Waals surface area contributed by atoms with Gasteiger partial charge in [-0.1, -0.05) is 5.21 Å². The Balaban J connectivity index is 1.70. The van der Waals surface area contributed by atoms with Crippen LogP contribution in [0.25, 0.3) is 33.3 Å². The van der Waals surface area contributed by atoms with E-state index in [1.165, 1.54) is 6.07 Å². The van der Waals surface area contributed by atoms with Crippen LogP contribution < -0.4 is 0 Å². The van der Waals surface area contributed by atoms with E-state index in [0.717, 1.165) is 46.2 Å². The molecule has 196 valence electrons. The number of aliphatic hydroxyl groups is 1. The van der Waals surface area contributed by atoms with Crippen LogP contribution in [0.3, 0.4) is 0 Å². The van der Waals surface area contributed by atoms with Crippen molar-refractivity contribution in [2.24, 2.45) is 13.0 Å². The molecule has 5 aromatic rings. The maximum absolute atomic E-state index is 15.4. The molecule has 1 N–H and O–H groups in total. The van der Waals surface area contributed by atoms with Gasteiger partial charge < -0.3 is 14.4 Å². The Morgan fingerprint density at radius 2 is 1.92 bits per heavy atom. The number of aryl methyl sites for hydroxylation is 2. The molecule has 6 heterocycles. The van der Waals surface area contributed by atoms with E-state index in [1.807, 2.05) is 26.1 Å². The van der Waals surface area contributed by atoms with Crippen molar-refractivity contribution >= 4 is 22.1 Å². The fourth-order valence-electron chi connectivity index (χ4n) is 5.59. The Kier molecular flexibility index (Phi) is 5.96. The summed E-state index contributed by atoms with van der Waals surface area (Å²) < 4.78 is 24.9. The average Bonchev–Trinajstić information content (AvgIpc) is 3.41. The van der Waals surface area contributed by atoms with Crippen LogP contribution in [-0.4, -0.2) is 52.8 Å². The van der Waals surface area contributed by atoms with E-state index >= 15 is 4.39 Å². The van der Waals surface area contributed by atoms with Crippen LogP contribution in [0.2, 0.25) is 0 Å². The lowest BCUT2D eigenvalue weighted by molar-refractivity contribution is 0.0542. The summed E-state index contributed by atoms with van der Waals surface area (Å²) in [6.45, 7) is 6.58. The summed E-state index contributed by atoms with van der Waals surface area (Å²) in [6, 6.07) is 6.62. The van der Waals surface area contributed by atoms with Gasteiger partial charge in [0.15, 0.2) is 0 Å². The number of nitrogens with zero attached hydrogens (tertiary/aromatic N) is 7. The third-order valence-electron chi connectivity index (χ3n) is 7.51. The quantitative estimate of drug-likeness (QED) is 0.368. The van der Waals surface area contributed by atoms with E-state index in [0.29, 0.717) is 30.1 Å². The first-order valence-electron chi connectivity index (χ1n) is 12.8. The third-order valence-corrected chi connectivity index (χ3v) is 7.51. The second-order valence-corrected chi connectivity index (χ2v) is 10.5. The van der Waals surface area contributed by atoms with Gasteiger partial charge in [-0.2, -0.15) is 0 Å². The topological polar surface area (TPSA) is 104 Å². The molecule has 1 atom stereocenters. The highest BCUT2D eigenvalue weighted by Gasteiger charge is 2.34. The number of halogens is 1. The Morgan fingerprint density at radius 1 is 1.13 bits per heavy atom. The largest absolute Gasteiger partial charge is 0.386 e. The first-order chi connectivity index (χ1) is 18.2. The molecule has 0 spiro atoms. The molecule has 38 heavy (non-hydrogen) atoms. The van der Waals surface area contributed by atoms with E-state index in [-0.39, 0.29) is 11.7 Å². The van der Waals surface area contributed by atoms with Crippen molar-refractivity contribution in [3.8, 4) is 11.3 Å². The van der Waals surface area contributed by atoms with Crippen LogP contribution in [0.5, 0.6) is 0 Å². The smallest absolute Gasteiger partial charge is 0.146 e. The lowest BCUT2D eigenvalue weighted by atomic mass is 9.88. The van der Waals surface area contributed by atoms with E-state index in [2.05, 4.69) is 19.9 Å². The van der Waals surface area contributed by atoms with Gasteiger partial charge in [0, 0.05) is 55.4 Å². The fraction of sp³-hybridized carbons (Fsp3) is 0.393. The molecule has 1 aliphatic heterocycles. The van der Waals surface area contributed by atoms with E-state index in [1.54, 1.807) is 43.2 Å². The van der Waals surface area contributed by atoms with Crippen molar-refractivity contribution in [3.05, 3.63) is 65.6 Å². The van der Waals surface area contributed by atoms with Crippen molar-refractivity contribution in [2.45, 2.75) is 45.3 Å². The van der Waals surface area contributed by atoms with Crippen LogP contribution in [0.15, 0.2) is 42.9 Å².